The first-order valence-electron chi connectivity index (χ1n) is 8.49. The third-order valence-corrected chi connectivity index (χ3v) is 6.31. The number of carbonyl (C=O) groups excluding carboxylic acids is 3. The molecule has 0 atom stereocenters. The summed E-state index contributed by atoms with van der Waals surface area (Å²) in [5, 5.41) is 9.21. The number of sulfone groups is 1. The van der Waals surface area contributed by atoms with Crippen LogP contribution in [-0.4, -0.2) is 53.0 Å². The number of anilines is 1. The summed E-state index contributed by atoms with van der Waals surface area (Å²) in [6.07, 6.45) is 0.179. The third kappa shape index (κ3) is 3.93. The van der Waals surface area contributed by atoms with Gasteiger partial charge in [0.15, 0.2) is 9.84 Å². The molecule has 1 N–H and O–H groups in total. The number of amides is 3. The summed E-state index contributed by atoms with van der Waals surface area (Å²) in [4.78, 5) is 36.1. The number of carbonyl (C=O) groups is 3. The molecule has 1 aliphatic heterocycles. The Bertz CT molecular complexity index is 1030. The van der Waals surface area contributed by atoms with Crippen LogP contribution in [0.4, 0.5) is 6.01 Å². The smallest absolute Gasteiger partial charge is 0.322 e. The van der Waals surface area contributed by atoms with E-state index in [1.807, 2.05) is 0 Å². The Labute approximate surface area is 160 Å². The number of benzene rings is 1. The average molecular weight is 406 g/mol. The van der Waals surface area contributed by atoms with Gasteiger partial charge in [0.25, 0.3) is 0 Å². The minimum atomic E-state index is -3.47. The first-order chi connectivity index (χ1) is 13.2. The van der Waals surface area contributed by atoms with Crippen molar-refractivity contribution in [3.05, 3.63) is 24.3 Å². The van der Waals surface area contributed by atoms with Crippen molar-refractivity contribution in [2.75, 3.05) is 11.9 Å². The van der Waals surface area contributed by atoms with Crippen LogP contribution in [0.25, 0.3) is 11.5 Å². The minimum absolute atomic E-state index is 0.0180. The maximum atomic E-state index is 12.3. The summed E-state index contributed by atoms with van der Waals surface area (Å²) in [5.41, 5.74) is 0.375. The van der Waals surface area contributed by atoms with E-state index in [4.69, 9.17) is 4.42 Å². The highest BCUT2D eigenvalue weighted by Crippen LogP contribution is 2.24. The van der Waals surface area contributed by atoms with Gasteiger partial charge in [-0.25, -0.2) is 8.42 Å². The van der Waals surface area contributed by atoms with Crippen LogP contribution in [-0.2, 0) is 24.2 Å². The zero-order valence-corrected chi connectivity index (χ0v) is 16.0. The van der Waals surface area contributed by atoms with E-state index in [0.29, 0.717) is 5.56 Å². The van der Waals surface area contributed by atoms with Crippen molar-refractivity contribution in [1.29, 1.82) is 0 Å². The van der Waals surface area contributed by atoms with Crippen molar-refractivity contribution in [2.24, 2.45) is 0 Å². The van der Waals surface area contributed by atoms with Gasteiger partial charge < -0.3 is 4.42 Å². The highest BCUT2D eigenvalue weighted by Gasteiger charge is 2.30. The summed E-state index contributed by atoms with van der Waals surface area (Å²) < 4.78 is 30.0. The van der Waals surface area contributed by atoms with Gasteiger partial charge in [-0.1, -0.05) is 11.2 Å². The Kier molecular flexibility index (Phi) is 5.27. The van der Waals surface area contributed by atoms with Gasteiger partial charge in [0.1, 0.15) is 6.54 Å². The Hall–Kier alpha value is -3.08. The summed E-state index contributed by atoms with van der Waals surface area (Å²) in [6, 6.07) is 5.81. The molecule has 1 fully saturated rings. The largest absolute Gasteiger partial charge is 0.403 e. The Morgan fingerprint density at radius 2 is 1.89 bits per heavy atom. The fourth-order valence-corrected chi connectivity index (χ4v) is 3.67. The van der Waals surface area contributed by atoms with Crippen LogP contribution in [0.5, 0.6) is 0 Å². The van der Waals surface area contributed by atoms with Gasteiger partial charge in [0, 0.05) is 18.4 Å². The van der Waals surface area contributed by atoms with Crippen molar-refractivity contribution < 1.29 is 27.2 Å². The topological polar surface area (TPSA) is 140 Å². The van der Waals surface area contributed by atoms with E-state index < -0.39 is 39.4 Å². The third-order valence-electron chi connectivity index (χ3n) is 4.16. The number of likely N-dealkylation sites (tertiary alicyclic amines) is 1. The van der Waals surface area contributed by atoms with Crippen LogP contribution in [0.3, 0.4) is 0 Å². The molecule has 0 unspecified atom stereocenters. The number of aromatic nitrogens is 2. The Morgan fingerprint density at radius 1 is 1.21 bits per heavy atom. The first kappa shape index (κ1) is 19.7. The molecule has 0 bridgehead atoms. The fraction of sp³-hybridized carbons (Fsp3) is 0.353. The molecule has 0 radical (unpaired) electrons. The van der Waals surface area contributed by atoms with Crippen LogP contribution in [0.2, 0.25) is 0 Å². The molecule has 3 amide bonds. The molecule has 148 valence electrons. The highest BCUT2D eigenvalue weighted by molar-refractivity contribution is 7.92. The number of hydrogen-bond donors (Lipinski definition) is 1. The Morgan fingerprint density at radius 3 is 2.54 bits per heavy atom. The minimum Gasteiger partial charge on any atom is -0.403 e. The number of rotatable bonds is 6. The standard InChI is InChI=1S/C17H18N4O6S/c1-10(2)28(25,26)12-5-3-4-11(8-12)16-19-20-17(27-16)18-13(22)9-21-14(23)6-7-15(21)24/h3-5,8,10H,6-7,9H2,1-2H3,(H,18,20,22). The number of hydrogen-bond acceptors (Lipinski definition) is 8. The molecule has 2 heterocycles. The zero-order chi connectivity index (χ0) is 20.5. The molecule has 10 nitrogen and oxygen atoms in total. The van der Waals surface area contributed by atoms with E-state index in [1.54, 1.807) is 26.0 Å². The zero-order valence-electron chi connectivity index (χ0n) is 15.2. The van der Waals surface area contributed by atoms with Gasteiger partial charge >= 0.3 is 6.01 Å². The lowest BCUT2D eigenvalue weighted by Gasteiger charge is -2.11. The van der Waals surface area contributed by atoms with Crippen molar-refractivity contribution in [3.63, 3.8) is 0 Å². The normalized spacial score (nSPS) is 14.8. The van der Waals surface area contributed by atoms with Gasteiger partial charge in [-0.2, -0.15) is 0 Å². The second-order valence-corrected chi connectivity index (χ2v) is 8.96. The molecule has 3 rings (SSSR count). The van der Waals surface area contributed by atoms with Gasteiger partial charge in [0.05, 0.1) is 10.1 Å². The molecule has 0 aliphatic carbocycles. The van der Waals surface area contributed by atoms with Gasteiger partial charge in [-0.3, -0.25) is 24.6 Å². The van der Waals surface area contributed by atoms with Crippen LogP contribution in [0, 0.1) is 0 Å². The maximum Gasteiger partial charge on any atom is 0.322 e. The lowest BCUT2D eigenvalue weighted by atomic mass is 10.2. The van der Waals surface area contributed by atoms with Crippen molar-refractivity contribution in [1.82, 2.24) is 15.1 Å². The molecule has 0 saturated carbocycles. The second kappa shape index (κ2) is 7.50. The summed E-state index contributed by atoms with van der Waals surface area (Å²) in [5.74, 6) is -1.46. The molecule has 2 aromatic rings. The lowest BCUT2D eigenvalue weighted by Crippen LogP contribution is -2.36. The molecule has 11 heteroatoms. The molecule has 1 aromatic carbocycles. The monoisotopic (exact) mass is 406 g/mol. The summed E-state index contributed by atoms with van der Waals surface area (Å²) in [6.45, 7) is 2.73. The van der Waals surface area contributed by atoms with Gasteiger partial charge in [0.2, 0.25) is 23.6 Å². The second-order valence-electron chi connectivity index (χ2n) is 6.46. The van der Waals surface area contributed by atoms with Crippen LogP contribution in [0.1, 0.15) is 26.7 Å². The van der Waals surface area contributed by atoms with Gasteiger partial charge in [-0.05, 0) is 32.0 Å². The molecular formula is C17H18N4O6S. The molecule has 1 aliphatic rings. The van der Waals surface area contributed by atoms with Gasteiger partial charge in [-0.15, -0.1) is 5.10 Å². The molecule has 1 saturated heterocycles. The number of imide groups is 1. The van der Waals surface area contributed by atoms with Crippen molar-refractivity contribution >= 4 is 33.6 Å². The Balaban J connectivity index is 1.73. The van der Waals surface area contributed by atoms with E-state index in [-0.39, 0.29) is 29.6 Å². The SMILES string of the molecule is CC(C)S(=O)(=O)c1cccc(-c2nnc(NC(=O)CN3C(=O)CCC3=O)o2)c1. The highest BCUT2D eigenvalue weighted by atomic mass is 32.2. The fourth-order valence-electron chi connectivity index (χ4n) is 2.57. The molecule has 28 heavy (non-hydrogen) atoms. The summed E-state index contributed by atoms with van der Waals surface area (Å²) in [7, 11) is -3.47. The summed E-state index contributed by atoms with van der Waals surface area (Å²) >= 11 is 0. The van der Waals surface area contributed by atoms with Crippen molar-refractivity contribution in [2.45, 2.75) is 36.8 Å². The lowest BCUT2D eigenvalue weighted by molar-refractivity contribution is -0.141. The van der Waals surface area contributed by atoms with Crippen LogP contribution >= 0.6 is 0 Å². The van der Waals surface area contributed by atoms with E-state index in [1.165, 1.54) is 12.1 Å². The predicted octanol–water partition coefficient (Wildman–Crippen LogP) is 1.01. The molecular weight excluding hydrogens is 388 g/mol. The first-order valence-corrected chi connectivity index (χ1v) is 10.0. The van der Waals surface area contributed by atoms with Crippen LogP contribution < -0.4 is 5.32 Å². The predicted molar refractivity (Wildman–Crippen MR) is 96.6 cm³/mol. The van der Waals surface area contributed by atoms with E-state index in [2.05, 4.69) is 15.5 Å². The number of nitrogens with one attached hydrogen (secondary N) is 1. The average Bonchev–Trinajstić information content (AvgIpc) is 3.23. The maximum absolute atomic E-state index is 12.3. The quantitative estimate of drug-likeness (QED) is 0.701. The van der Waals surface area contributed by atoms with E-state index in [0.717, 1.165) is 4.90 Å². The molecule has 1 aromatic heterocycles. The van der Waals surface area contributed by atoms with E-state index in [9.17, 15) is 22.8 Å². The van der Waals surface area contributed by atoms with Crippen molar-refractivity contribution in [3.8, 4) is 11.5 Å². The number of nitrogens with zero attached hydrogens (tertiary/aromatic N) is 3. The van der Waals surface area contributed by atoms with Crippen LogP contribution in [0.15, 0.2) is 33.6 Å². The van der Waals surface area contributed by atoms with E-state index >= 15 is 0 Å². The molecule has 0 spiro atoms.